The van der Waals surface area contributed by atoms with Gasteiger partial charge < -0.3 is 19.7 Å². The maximum absolute atomic E-state index is 6.10. The molecule has 1 aromatic rings. The molecule has 2 aliphatic rings. The number of morpholine rings is 1. The van der Waals surface area contributed by atoms with E-state index in [4.69, 9.17) is 21.1 Å². The summed E-state index contributed by atoms with van der Waals surface area (Å²) in [5, 5.41) is 4.39. The highest BCUT2D eigenvalue weighted by atomic mass is 127. The molecule has 1 unspecified atom stereocenters. The number of benzene rings is 1. The van der Waals surface area contributed by atoms with E-state index in [1.54, 1.807) is 0 Å². The molecule has 2 aliphatic heterocycles. The zero-order chi connectivity index (χ0) is 19.8. The second-order valence-electron chi connectivity index (χ2n) is 7.29. The molecule has 1 aromatic carbocycles. The van der Waals surface area contributed by atoms with Crippen molar-refractivity contribution in [2.45, 2.75) is 31.9 Å². The van der Waals surface area contributed by atoms with Crippen molar-refractivity contribution in [2.75, 3.05) is 59.6 Å². The van der Waals surface area contributed by atoms with Gasteiger partial charge in [0.15, 0.2) is 5.96 Å². The Labute approximate surface area is 197 Å². The molecule has 0 amide bonds. The van der Waals surface area contributed by atoms with Crippen LogP contribution in [0.4, 0.5) is 0 Å². The Morgan fingerprint density at radius 2 is 1.86 bits per heavy atom. The van der Waals surface area contributed by atoms with Crippen LogP contribution < -0.4 is 5.32 Å². The van der Waals surface area contributed by atoms with Crippen LogP contribution >= 0.6 is 35.6 Å². The summed E-state index contributed by atoms with van der Waals surface area (Å²) in [5.41, 5.74) is 1.27. The first-order valence-corrected chi connectivity index (χ1v) is 10.7. The molecule has 1 atom stereocenters. The number of aliphatic imine (C=N–C) groups is 1. The van der Waals surface area contributed by atoms with Crippen molar-refractivity contribution in [3.63, 3.8) is 0 Å². The van der Waals surface area contributed by atoms with E-state index in [-0.39, 0.29) is 30.0 Å². The number of halogens is 2. The zero-order valence-corrected chi connectivity index (χ0v) is 20.6. The minimum atomic E-state index is 0. The molecular formula is C21H34ClIN4O2. The second kappa shape index (κ2) is 12.9. The minimum Gasteiger partial charge on any atom is -0.379 e. The van der Waals surface area contributed by atoms with Gasteiger partial charge in [0.2, 0.25) is 0 Å². The third-order valence-electron chi connectivity index (χ3n) is 5.55. The van der Waals surface area contributed by atoms with E-state index in [1.807, 2.05) is 19.2 Å². The third-order valence-corrected chi connectivity index (χ3v) is 5.80. The topological polar surface area (TPSA) is 49.3 Å². The summed E-state index contributed by atoms with van der Waals surface area (Å²) in [6.45, 7) is 9.06. The highest BCUT2D eigenvalue weighted by molar-refractivity contribution is 14.0. The van der Waals surface area contributed by atoms with Gasteiger partial charge in [0.1, 0.15) is 0 Å². The van der Waals surface area contributed by atoms with Crippen LogP contribution in [0, 0.1) is 0 Å². The van der Waals surface area contributed by atoms with Gasteiger partial charge in [0, 0.05) is 51.4 Å². The molecule has 2 heterocycles. The van der Waals surface area contributed by atoms with E-state index in [0.717, 1.165) is 76.4 Å². The van der Waals surface area contributed by atoms with E-state index in [0.29, 0.717) is 6.10 Å². The number of piperidine rings is 1. The van der Waals surface area contributed by atoms with Crippen LogP contribution in [-0.2, 0) is 9.47 Å². The fourth-order valence-corrected chi connectivity index (χ4v) is 4.15. The summed E-state index contributed by atoms with van der Waals surface area (Å²) >= 11 is 6.10. The molecule has 8 heteroatoms. The number of nitrogens with zero attached hydrogens (tertiary/aromatic N) is 3. The summed E-state index contributed by atoms with van der Waals surface area (Å²) < 4.78 is 11.3. The van der Waals surface area contributed by atoms with E-state index in [9.17, 15) is 0 Å². The Balaban J connectivity index is 0.00000300. The van der Waals surface area contributed by atoms with E-state index in [2.05, 4.69) is 39.2 Å². The number of hydrogen-bond donors (Lipinski definition) is 1. The summed E-state index contributed by atoms with van der Waals surface area (Å²) in [6.07, 6.45) is 2.49. The van der Waals surface area contributed by atoms with E-state index < -0.39 is 0 Å². The second-order valence-corrected chi connectivity index (χ2v) is 7.72. The van der Waals surface area contributed by atoms with Crippen molar-refractivity contribution in [3.8, 4) is 0 Å². The maximum atomic E-state index is 6.10. The van der Waals surface area contributed by atoms with Crippen molar-refractivity contribution >= 4 is 41.5 Å². The normalized spacial score (nSPS) is 20.2. The van der Waals surface area contributed by atoms with E-state index in [1.165, 1.54) is 5.56 Å². The van der Waals surface area contributed by atoms with Crippen LogP contribution in [0.1, 0.15) is 31.4 Å². The van der Waals surface area contributed by atoms with Crippen LogP contribution in [0.5, 0.6) is 0 Å². The van der Waals surface area contributed by atoms with Crippen molar-refractivity contribution < 1.29 is 9.47 Å². The quantitative estimate of drug-likeness (QED) is 0.343. The van der Waals surface area contributed by atoms with Crippen LogP contribution in [0.2, 0.25) is 5.02 Å². The lowest BCUT2D eigenvalue weighted by Gasteiger charge is -2.37. The predicted octanol–water partition coefficient (Wildman–Crippen LogP) is 3.41. The molecule has 3 rings (SSSR count). The van der Waals surface area contributed by atoms with E-state index >= 15 is 0 Å². The van der Waals surface area contributed by atoms with Gasteiger partial charge in [-0.25, -0.2) is 0 Å². The Morgan fingerprint density at radius 3 is 2.45 bits per heavy atom. The monoisotopic (exact) mass is 536 g/mol. The molecule has 29 heavy (non-hydrogen) atoms. The van der Waals surface area contributed by atoms with Gasteiger partial charge in [0.05, 0.1) is 25.4 Å². The molecule has 6 nitrogen and oxygen atoms in total. The van der Waals surface area contributed by atoms with Gasteiger partial charge in [-0.1, -0.05) is 23.7 Å². The minimum absolute atomic E-state index is 0. The fourth-order valence-electron chi connectivity index (χ4n) is 4.02. The first-order chi connectivity index (χ1) is 13.7. The van der Waals surface area contributed by atoms with Gasteiger partial charge in [-0.2, -0.15) is 0 Å². The lowest BCUT2D eigenvalue weighted by Crippen LogP contribution is -2.50. The molecule has 0 bridgehead atoms. The summed E-state index contributed by atoms with van der Waals surface area (Å²) in [6, 6.07) is 8.45. The standard InChI is InChI=1S/C21H33ClN4O2.HI/c1-3-28-19-8-10-26(11-9-19)21(23-2)24-16-20(25-12-14-27-15-13-25)17-4-6-18(22)7-5-17;/h4-7,19-20H,3,8-16H2,1-2H3,(H,23,24);1H. The molecule has 2 saturated heterocycles. The Bertz CT molecular complexity index is 618. The predicted molar refractivity (Wildman–Crippen MR) is 130 cm³/mol. The first kappa shape index (κ1) is 24.7. The highest BCUT2D eigenvalue weighted by Gasteiger charge is 2.25. The Morgan fingerprint density at radius 1 is 1.21 bits per heavy atom. The number of hydrogen-bond acceptors (Lipinski definition) is 4. The van der Waals surface area contributed by atoms with Gasteiger partial charge in [0.25, 0.3) is 0 Å². The molecule has 0 saturated carbocycles. The van der Waals surface area contributed by atoms with Crippen molar-refractivity contribution in [1.29, 1.82) is 0 Å². The molecule has 1 N–H and O–H groups in total. The third kappa shape index (κ3) is 7.24. The highest BCUT2D eigenvalue weighted by Crippen LogP contribution is 2.23. The van der Waals surface area contributed by atoms with Gasteiger partial charge in [-0.3, -0.25) is 9.89 Å². The fraction of sp³-hybridized carbons (Fsp3) is 0.667. The van der Waals surface area contributed by atoms with Crippen molar-refractivity contribution in [3.05, 3.63) is 34.9 Å². The number of likely N-dealkylation sites (tertiary alicyclic amines) is 1. The van der Waals surface area contributed by atoms with Crippen LogP contribution in [-0.4, -0.2) is 81.5 Å². The lowest BCUT2D eigenvalue weighted by molar-refractivity contribution is 0.0163. The Kier molecular flexibility index (Phi) is 11.0. The number of guanidine groups is 1. The molecule has 0 spiro atoms. The SMILES string of the molecule is CCOC1CCN(C(=NC)NCC(c2ccc(Cl)cc2)N2CCOCC2)CC1.I. The van der Waals surface area contributed by atoms with Crippen LogP contribution in [0.15, 0.2) is 29.3 Å². The lowest BCUT2D eigenvalue weighted by atomic mass is 10.0. The zero-order valence-electron chi connectivity index (χ0n) is 17.5. The molecule has 0 aromatic heterocycles. The molecule has 0 radical (unpaired) electrons. The average Bonchev–Trinajstić information content (AvgIpc) is 2.74. The molecule has 0 aliphatic carbocycles. The van der Waals surface area contributed by atoms with Crippen molar-refractivity contribution in [1.82, 2.24) is 15.1 Å². The summed E-state index contributed by atoms with van der Waals surface area (Å²) in [4.78, 5) is 9.36. The summed E-state index contributed by atoms with van der Waals surface area (Å²) in [5.74, 6) is 0.974. The number of ether oxygens (including phenoxy) is 2. The Hall–Kier alpha value is -0.610. The number of nitrogens with one attached hydrogen (secondary N) is 1. The van der Waals surface area contributed by atoms with Crippen LogP contribution in [0.25, 0.3) is 0 Å². The van der Waals surface area contributed by atoms with Gasteiger partial charge in [-0.05, 0) is 37.5 Å². The van der Waals surface area contributed by atoms with Gasteiger partial charge >= 0.3 is 0 Å². The smallest absolute Gasteiger partial charge is 0.193 e. The molecule has 2 fully saturated rings. The number of rotatable bonds is 6. The molecule has 164 valence electrons. The van der Waals surface area contributed by atoms with Gasteiger partial charge in [-0.15, -0.1) is 24.0 Å². The van der Waals surface area contributed by atoms with Crippen LogP contribution in [0.3, 0.4) is 0 Å². The average molecular weight is 537 g/mol. The summed E-state index contributed by atoms with van der Waals surface area (Å²) in [7, 11) is 1.86. The largest absolute Gasteiger partial charge is 0.379 e. The molecular weight excluding hydrogens is 503 g/mol. The first-order valence-electron chi connectivity index (χ1n) is 10.4. The van der Waals surface area contributed by atoms with Crippen molar-refractivity contribution in [2.24, 2.45) is 4.99 Å². The maximum Gasteiger partial charge on any atom is 0.193 e.